The average molecular weight is 337 g/mol. The molecule has 0 heterocycles. The van der Waals surface area contributed by atoms with Gasteiger partial charge in [-0.05, 0) is 42.0 Å². The number of rotatable bonds is 5. The molecule has 118 valence electrons. The highest BCUT2D eigenvalue weighted by molar-refractivity contribution is 7.90. The third kappa shape index (κ3) is 4.18. The van der Waals surface area contributed by atoms with Gasteiger partial charge in [-0.15, -0.1) is 0 Å². The third-order valence-electron chi connectivity index (χ3n) is 3.38. The average Bonchev–Trinajstić information content (AvgIpc) is 2.47. The number of sulfone groups is 1. The van der Waals surface area contributed by atoms with E-state index in [1.807, 2.05) is 36.2 Å². The summed E-state index contributed by atoms with van der Waals surface area (Å²) >= 11 is 0. The minimum absolute atomic E-state index is 0.319. The maximum Gasteiger partial charge on any atom is 0.175 e. The molecule has 0 saturated heterocycles. The molecule has 0 aliphatic heterocycles. The van der Waals surface area contributed by atoms with Gasteiger partial charge in [0.15, 0.2) is 9.84 Å². The van der Waals surface area contributed by atoms with E-state index in [0.29, 0.717) is 11.4 Å². The van der Waals surface area contributed by atoms with E-state index in [-0.39, 0.29) is 0 Å². The Labute approximate surface area is 134 Å². The first kappa shape index (κ1) is 16.7. The molecule has 4 nitrogen and oxygen atoms in total. The molecule has 0 radical (unpaired) electrons. The lowest BCUT2D eigenvalue weighted by atomic mass is 10.2. The monoisotopic (exact) mass is 337 g/mol. The summed E-state index contributed by atoms with van der Waals surface area (Å²) in [5.74, 6) is 0. The van der Waals surface area contributed by atoms with Crippen LogP contribution in [0.5, 0.6) is 0 Å². The number of nitrogens with zero attached hydrogens (tertiary/aromatic N) is 1. The van der Waals surface area contributed by atoms with E-state index in [0.717, 1.165) is 16.1 Å². The first-order valence-electron chi connectivity index (χ1n) is 6.71. The molecule has 0 aromatic heterocycles. The highest BCUT2D eigenvalue weighted by atomic mass is 32.2. The fourth-order valence-corrected chi connectivity index (χ4v) is 3.25. The van der Waals surface area contributed by atoms with Gasteiger partial charge < -0.3 is 4.90 Å². The summed E-state index contributed by atoms with van der Waals surface area (Å²) in [6.45, 7) is 0.689. The molecule has 0 spiro atoms. The zero-order valence-corrected chi connectivity index (χ0v) is 14.4. The summed E-state index contributed by atoms with van der Waals surface area (Å²) in [6.07, 6.45) is 2.86. The van der Waals surface area contributed by atoms with Gasteiger partial charge in [-0.1, -0.05) is 12.1 Å². The Morgan fingerprint density at radius 3 is 2.00 bits per heavy atom. The van der Waals surface area contributed by atoms with Crippen LogP contribution in [-0.2, 0) is 27.2 Å². The molecule has 2 rings (SSSR count). The van der Waals surface area contributed by atoms with Gasteiger partial charge in [0.1, 0.15) is 0 Å². The number of anilines is 1. The highest BCUT2D eigenvalue weighted by Gasteiger charge is 2.08. The molecule has 0 saturated carbocycles. The van der Waals surface area contributed by atoms with Crippen LogP contribution in [0.25, 0.3) is 0 Å². The molecular weight excluding hydrogens is 318 g/mol. The van der Waals surface area contributed by atoms with Crippen molar-refractivity contribution in [2.24, 2.45) is 0 Å². The van der Waals surface area contributed by atoms with Crippen LogP contribution in [-0.4, -0.2) is 32.2 Å². The predicted molar refractivity (Wildman–Crippen MR) is 90.4 cm³/mol. The van der Waals surface area contributed by atoms with Gasteiger partial charge in [-0.2, -0.15) is 0 Å². The predicted octanol–water partition coefficient (Wildman–Crippen LogP) is 2.46. The van der Waals surface area contributed by atoms with Gasteiger partial charge in [0.05, 0.1) is 4.90 Å². The van der Waals surface area contributed by atoms with Crippen LogP contribution < -0.4 is 4.90 Å². The fourth-order valence-electron chi connectivity index (χ4n) is 2.10. The largest absolute Gasteiger partial charge is 0.370 e. The molecule has 6 heteroatoms. The van der Waals surface area contributed by atoms with Gasteiger partial charge in [0.2, 0.25) is 0 Å². The SMILES string of the molecule is CN(Cc1ccc(S(C)=O)cc1)c1ccc(S(C)(=O)=O)cc1. The molecule has 22 heavy (non-hydrogen) atoms. The van der Waals surface area contributed by atoms with E-state index >= 15 is 0 Å². The zero-order chi connectivity index (χ0) is 16.3. The summed E-state index contributed by atoms with van der Waals surface area (Å²) in [4.78, 5) is 3.16. The maximum absolute atomic E-state index is 11.5. The normalized spacial score (nSPS) is 12.9. The summed E-state index contributed by atoms with van der Waals surface area (Å²) in [5.41, 5.74) is 2.04. The lowest BCUT2D eigenvalue weighted by Gasteiger charge is -2.19. The quantitative estimate of drug-likeness (QED) is 0.841. The molecule has 0 bridgehead atoms. The van der Waals surface area contributed by atoms with Gasteiger partial charge in [0, 0.05) is 47.5 Å². The second-order valence-electron chi connectivity index (χ2n) is 5.22. The van der Waals surface area contributed by atoms with Crippen molar-refractivity contribution < 1.29 is 12.6 Å². The van der Waals surface area contributed by atoms with E-state index in [4.69, 9.17) is 0 Å². The third-order valence-corrected chi connectivity index (χ3v) is 5.45. The highest BCUT2D eigenvalue weighted by Crippen LogP contribution is 2.19. The summed E-state index contributed by atoms with van der Waals surface area (Å²) in [6, 6.07) is 14.5. The van der Waals surface area contributed by atoms with Crippen molar-refractivity contribution in [1.82, 2.24) is 0 Å². The Kier molecular flexibility index (Phi) is 5.03. The molecule has 2 aromatic rings. The molecule has 0 fully saturated rings. The summed E-state index contributed by atoms with van der Waals surface area (Å²) in [7, 11) is -2.19. The van der Waals surface area contributed by atoms with Crippen molar-refractivity contribution in [3.05, 3.63) is 54.1 Å². The van der Waals surface area contributed by atoms with E-state index in [1.165, 1.54) is 6.26 Å². The first-order chi connectivity index (χ1) is 10.3. The molecule has 1 unspecified atom stereocenters. The van der Waals surface area contributed by atoms with Crippen LogP contribution in [0, 0.1) is 0 Å². The second kappa shape index (κ2) is 6.62. The van der Waals surface area contributed by atoms with Crippen molar-refractivity contribution in [2.75, 3.05) is 24.5 Å². The van der Waals surface area contributed by atoms with E-state index in [2.05, 4.69) is 0 Å². The zero-order valence-electron chi connectivity index (χ0n) is 12.8. The van der Waals surface area contributed by atoms with E-state index in [9.17, 15) is 12.6 Å². The van der Waals surface area contributed by atoms with Crippen LogP contribution in [0.1, 0.15) is 5.56 Å². The van der Waals surface area contributed by atoms with Crippen LogP contribution in [0.4, 0.5) is 5.69 Å². The van der Waals surface area contributed by atoms with Crippen LogP contribution in [0.2, 0.25) is 0 Å². The number of hydrogen-bond donors (Lipinski definition) is 0. The van der Waals surface area contributed by atoms with Gasteiger partial charge in [0.25, 0.3) is 0 Å². The molecule has 0 aliphatic rings. The Morgan fingerprint density at radius 1 is 1.00 bits per heavy atom. The van der Waals surface area contributed by atoms with Crippen LogP contribution in [0.15, 0.2) is 58.3 Å². The molecule has 0 N–H and O–H groups in total. The maximum atomic E-state index is 11.5. The lowest BCUT2D eigenvalue weighted by molar-refractivity contribution is 0.602. The van der Waals surface area contributed by atoms with Crippen LogP contribution >= 0.6 is 0 Å². The minimum atomic E-state index is -3.16. The van der Waals surface area contributed by atoms with Crippen molar-refractivity contribution in [3.63, 3.8) is 0 Å². The van der Waals surface area contributed by atoms with Crippen molar-refractivity contribution >= 4 is 26.3 Å². The second-order valence-corrected chi connectivity index (χ2v) is 8.62. The smallest absolute Gasteiger partial charge is 0.175 e. The number of benzene rings is 2. The van der Waals surface area contributed by atoms with Gasteiger partial charge in [-0.25, -0.2) is 8.42 Å². The topological polar surface area (TPSA) is 54.5 Å². The summed E-state index contributed by atoms with van der Waals surface area (Å²) < 4.78 is 34.3. The first-order valence-corrected chi connectivity index (χ1v) is 10.2. The Morgan fingerprint density at radius 2 is 1.55 bits per heavy atom. The molecule has 0 amide bonds. The molecule has 0 aliphatic carbocycles. The standard InChI is InChI=1S/C16H19NO3S2/c1-17(12-13-4-8-15(9-5-13)21(2)18)14-6-10-16(11-7-14)22(3,19)20/h4-11H,12H2,1-3H3. The van der Waals surface area contributed by atoms with E-state index < -0.39 is 20.6 Å². The summed E-state index contributed by atoms with van der Waals surface area (Å²) in [5, 5.41) is 0. The van der Waals surface area contributed by atoms with Gasteiger partial charge in [-0.3, -0.25) is 4.21 Å². The number of hydrogen-bond acceptors (Lipinski definition) is 4. The fraction of sp³-hybridized carbons (Fsp3) is 0.250. The van der Waals surface area contributed by atoms with Crippen LogP contribution in [0.3, 0.4) is 0 Å². The van der Waals surface area contributed by atoms with Crippen molar-refractivity contribution in [1.29, 1.82) is 0 Å². The van der Waals surface area contributed by atoms with Crippen molar-refractivity contribution in [2.45, 2.75) is 16.3 Å². The lowest BCUT2D eigenvalue weighted by Crippen LogP contribution is -2.16. The Hall–Kier alpha value is -1.66. The van der Waals surface area contributed by atoms with Gasteiger partial charge >= 0.3 is 0 Å². The Balaban J connectivity index is 2.11. The van der Waals surface area contributed by atoms with E-state index in [1.54, 1.807) is 30.5 Å². The Bertz CT molecular complexity index is 766. The van der Waals surface area contributed by atoms with Crippen molar-refractivity contribution in [3.8, 4) is 0 Å². The molecular formula is C16H19NO3S2. The minimum Gasteiger partial charge on any atom is -0.370 e. The molecule has 2 aromatic carbocycles. The molecule has 1 atom stereocenters.